The topological polar surface area (TPSA) is 166 Å². The number of anilines is 2. The van der Waals surface area contributed by atoms with Gasteiger partial charge in [0.05, 0.1) is 21.6 Å². The van der Waals surface area contributed by atoms with Crippen molar-refractivity contribution in [1.29, 1.82) is 0 Å². The molecule has 1 aliphatic rings. The molecule has 34 heavy (non-hydrogen) atoms. The van der Waals surface area contributed by atoms with Crippen molar-refractivity contribution in [2.24, 2.45) is 5.10 Å². The zero-order chi connectivity index (χ0) is 24.4. The maximum Gasteiger partial charge on any atom is 0.301 e. The number of rotatable bonds is 6. The standard InChI is InChI=1S/C22H20N6O6/c1-12-5-4-10-23-21(12)24-22(29)20-13(2)19-16(6-3-7-18(19)34-20)26-25-15-9-8-14(27(30)31)11-17(15)28(32)33/h4-5,8-11,25H,3,6-7H2,1-2H3,(H,23,24,29)/b26-16+. The normalized spacial score (nSPS) is 13.9. The summed E-state index contributed by atoms with van der Waals surface area (Å²) in [6, 6.07) is 6.87. The molecule has 12 heteroatoms. The number of hydrogen-bond donors (Lipinski definition) is 2. The van der Waals surface area contributed by atoms with Crippen LogP contribution >= 0.6 is 0 Å². The Hall–Kier alpha value is -4.61. The Labute approximate surface area is 193 Å². The second kappa shape index (κ2) is 9.10. The summed E-state index contributed by atoms with van der Waals surface area (Å²) in [6.07, 6.45) is 3.46. The van der Waals surface area contributed by atoms with E-state index in [1.165, 1.54) is 6.07 Å². The second-order valence-corrected chi connectivity index (χ2v) is 7.72. The van der Waals surface area contributed by atoms with Crippen LogP contribution in [-0.2, 0) is 6.42 Å². The van der Waals surface area contributed by atoms with Crippen LogP contribution in [0.4, 0.5) is 22.9 Å². The molecular formula is C22H20N6O6. The quantitative estimate of drug-likeness (QED) is 0.397. The number of aromatic nitrogens is 1. The molecule has 1 amide bonds. The zero-order valence-corrected chi connectivity index (χ0v) is 18.3. The van der Waals surface area contributed by atoms with Gasteiger partial charge in [0.1, 0.15) is 17.3 Å². The number of fused-ring (bicyclic) bond motifs is 1. The molecule has 0 unspecified atom stereocenters. The number of nitrogens with one attached hydrogen (secondary N) is 2. The lowest BCUT2D eigenvalue weighted by atomic mass is 9.93. The third-order valence-corrected chi connectivity index (χ3v) is 5.47. The molecule has 2 heterocycles. The van der Waals surface area contributed by atoms with Gasteiger partial charge in [-0.25, -0.2) is 4.98 Å². The van der Waals surface area contributed by atoms with Gasteiger partial charge in [-0.2, -0.15) is 5.10 Å². The van der Waals surface area contributed by atoms with Crippen molar-refractivity contribution in [1.82, 2.24) is 4.98 Å². The van der Waals surface area contributed by atoms with E-state index in [1.54, 1.807) is 19.2 Å². The van der Waals surface area contributed by atoms with Gasteiger partial charge < -0.3 is 9.73 Å². The van der Waals surface area contributed by atoms with Gasteiger partial charge >= 0.3 is 5.69 Å². The molecule has 12 nitrogen and oxygen atoms in total. The van der Waals surface area contributed by atoms with Gasteiger partial charge in [-0.05, 0) is 44.4 Å². The Morgan fingerprint density at radius 1 is 1.15 bits per heavy atom. The second-order valence-electron chi connectivity index (χ2n) is 7.72. The van der Waals surface area contributed by atoms with Crippen molar-refractivity contribution in [2.45, 2.75) is 33.1 Å². The first-order valence-electron chi connectivity index (χ1n) is 10.4. The molecule has 0 fully saturated rings. The van der Waals surface area contributed by atoms with Crippen LogP contribution in [0.25, 0.3) is 0 Å². The highest BCUT2D eigenvalue weighted by Crippen LogP contribution is 2.32. The number of non-ortho nitro benzene ring substituents is 1. The van der Waals surface area contributed by atoms with Gasteiger partial charge in [-0.15, -0.1) is 0 Å². The molecule has 0 saturated heterocycles. The Kier molecular flexibility index (Phi) is 6.04. The lowest BCUT2D eigenvalue weighted by molar-refractivity contribution is -0.393. The fraction of sp³-hybridized carbons (Fsp3) is 0.227. The largest absolute Gasteiger partial charge is 0.455 e. The van der Waals surface area contributed by atoms with Crippen molar-refractivity contribution >= 4 is 34.5 Å². The molecule has 0 atom stereocenters. The van der Waals surface area contributed by atoms with Gasteiger partial charge in [0.15, 0.2) is 5.76 Å². The lowest BCUT2D eigenvalue weighted by Gasteiger charge is -2.13. The monoisotopic (exact) mass is 464 g/mol. The summed E-state index contributed by atoms with van der Waals surface area (Å²) in [7, 11) is 0. The number of amides is 1. The van der Waals surface area contributed by atoms with Crippen molar-refractivity contribution in [2.75, 3.05) is 10.7 Å². The van der Waals surface area contributed by atoms with E-state index in [4.69, 9.17) is 4.42 Å². The van der Waals surface area contributed by atoms with Gasteiger partial charge in [0.2, 0.25) is 0 Å². The smallest absolute Gasteiger partial charge is 0.301 e. The number of carbonyl (C=O) groups is 1. The summed E-state index contributed by atoms with van der Waals surface area (Å²) < 4.78 is 5.87. The molecular weight excluding hydrogens is 444 g/mol. The number of carbonyl (C=O) groups excluding carboxylic acids is 1. The van der Waals surface area contributed by atoms with Crippen LogP contribution in [0.15, 0.2) is 46.0 Å². The van der Waals surface area contributed by atoms with E-state index in [0.717, 1.165) is 17.7 Å². The average Bonchev–Trinajstić information content (AvgIpc) is 3.16. The van der Waals surface area contributed by atoms with Crippen LogP contribution in [0.5, 0.6) is 0 Å². The number of aryl methyl sites for hydroxylation is 2. The molecule has 1 aliphatic carbocycles. The predicted molar refractivity (Wildman–Crippen MR) is 123 cm³/mol. The van der Waals surface area contributed by atoms with Crippen LogP contribution in [-0.4, -0.2) is 26.4 Å². The van der Waals surface area contributed by atoms with Crippen LogP contribution in [0.3, 0.4) is 0 Å². The molecule has 0 spiro atoms. The Morgan fingerprint density at radius 3 is 2.65 bits per heavy atom. The molecule has 1 aromatic carbocycles. The lowest BCUT2D eigenvalue weighted by Crippen LogP contribution is -2.15. The number of hydrazone groups is 1. The Morgan fingerprint density at radius 2 is 1.94 bits per heavy atom. The van der Waals surface area contributed by atoms with Crippen molar-refractivity contribution < 1.29 is 19.1 Å². The fourth-order valence-corrected chi connectivity index (χ4v) is 3.78. The van der Waals surface area contributed by atoms with E-state index in [-0.39, 0.29) is 11.4 Å². The van der Waals surface area contributed by atoms with Crippen LogP contribution in [0.1, 0.15) is 45.8 Å². The van der Waals surface area contributed by atoms with E-state index < -0.39 is 27.1 Å². The highest BCUT2D eigenvalue weighted by atomic mass is 16.6. The van der Waals surface area contributed by atoms with Gasteiger partial charge in [-0.3, -0.25) is 30.4 Å². The Balaban J connectivity index is 1.63. The first kappa shape index (κ1) is 22.6. The van der Waals surface area contributed by atoms with E-state index in [2.05, 4.69) is 20.8 Å². The number of benzene rings is 1. The maximum atomic E-state index is 12.9. The highest BCUT2D eigenvalue weighted by molar-refractivity contribution is 6.09. The number of nitro groups is 2. The summed E-state index contributed by atoms with van der Waals surface area (Å²) >= 11 is 0. The zero-order valence-electron chi connectivity index (χ0n) is 18.3. The molecule has 0 bridgehead atoms. The predicted octanol–water partition coefficient (Wildman–Crippen LogP) is 4.51. The summed E-state index contributed by atoms with van der Waals surface area (Å²) in [6.45, 7) is 3.58. The van der Waals surface area contributed by atoms with E-state index in [0.29, 0.717) is 47.7 Å². The molecule has 174 valence electrons. The number of hydrogen-bond acceptors (Lipinski definition) is 9. The molecule has 0 saturated carbocycles. The molecule has 0 radical (unpaired) electrons. The van der Waals surface area contributed by atoms with E-state index in [1.807, 2.05) is 13.0 Å². The minimum atomic E-state index is -0.715. The Bertz CT molecular complexity index is 1350. The summed E-state index contributed by atoms with van der Waals surface area (Å²) in [5.41, 5.74) is 4.46. The van der Waals surface area contributed by atoms with Crippen molar-refractivity contribution in [3.63, 3.8) is 0 Å². The number of pyridine rings is 1. The van der Waals surface area contributed by atoms with Crippen LogP contribution in [0, 0.1) is 34.1 Å². The third-order valence-electron chi connectivity index (χ3n) is 5.47. The number of nitrogens with zero attached hydrogens (tertiary/aromatic N) is 4. The molecule has 0 aliphatic heterocycles. The average molecular weight is 464 g/mol. The number of nitro benzene ring substituents is 2. The van der Waals surface area contributed by atoms with Crippen LogP contribution in [0.2, 0.25) is 0 Å². The SMILES string of the molecule is Cc1cccnc1NC(=O)c1oc2c(c1C)/C(=N/Nc1ccc([N+](=O)[O-])cc1[N+](=O)[O-])CCC2. The maximum absolute atomic E-state index is 12.9. The van der Waals surface area contributed by atoms with Crippen LogP contribution < -0.4 is 10.7 Å². The molecule has 2 aromatic heterocycles. The first-order chi connectivity index (χ1) is 16.3. The summed E-state index contributed by atoms with van der Waals surface area (Å²) in [5.74, 6) is 0.741. The van der Waals surface area contributed by atoms with E-state index in [9.17, 15) is 25.0 Å². The third kappa shape index (κ3) is 4.33. The highest BCUT2D eigenvalue weighted by Gasteiger charge is 2.28. The van der Waals surface area contributed by atoms with Gasteiger partial charge in [0.25, 0.3) is 11.6 Å². The minimum absolute atomic E-state index is 0.0139. The minimum Gasteiger partial charge on any atom is -0.455 e. The van der Waals surface area contributed by atoms with Gasteiger partial charge in [0, 0.05) is 29.8 Å². The fourth-order valence-electron chi connectivity index (χ4n) is 3.78. The summed E-state index contributed by atoms with van der Waals surface area (Å²) in [5, 5.41) is 29.4. The molecule has 3 aromatic rings. The molecule has 2 N–H and O–H groups in total. The first-order valence-corrected chi connectivity index (χ1v) is 10.4. The summed E-state index contributed by atoms with van der Waals surface area (Å²) in [4.78, 5) is 37.9. The van der Waals surface area contributed by atoms with Crippen molar-refractivity contribution in [3.05, 3.63) is 85.0 Å². The molecule has 4 rings (SSSR count). The van der Waals surface area contributed by atoms with E-state index >= 15 is 0 Å². The van der Waals surface area contributed by atoms with Gasteiger partial charge in [-0.1, -0.05) is 6.07 Å². The number of furan rings is 1. The van der Waals surface area contributed by atoms with Crippen molar-refractivity contribution in [3.8, 4) is 0 Å².